The highest BCUT2D eigenvalue weighted by Gasteiger charge is 2.49. The average molecular weight is 625 g/mol. The second-order valence-corrected chi connectivity index (χ2v) is 12.5. The number of piperazine rings is 1. The van der Waals surface area contributed by atoms with Crippen LogP contribution in [0.2, 0.25) is 0 Å². The molecule has 4 aliphatic rings. The van der Waals surface area contributed by atoms with Crippen molar-refractivity contribution in [2.45, 2.75) is 69.0 Å². The molecule has 0 spiro atoms. The Balaban J connectivity index is 1.40. The predicted molar refractivity (Wildman–Crippen MR) is 150 cm³/mol. The number of hydrogen-bond acceptors (Lipinski definition) is 7. The van der Waals surface area contributed by atoms with Crippen LogP contribution in [0.4, 0.5) is 42.2 Å². The van der Waals surface area contributed by atoms with Crippen LogP contribution < -0.4 is 20.7 Å². The van der Waals surface area contributed by atoms with Gasteiger partial charge in [0.15, 0.2) is 11.6 Å². The Hall–Kier alpha value is -3.39. The molecule has 236 valence electrons. The molecule has 1 aromatic heterocycles. The number of rotatable bonds is 5. The fourth-order valence-corrected chi connectivity index (χ4v) is 7.73. The number of nitrogen functional groups attached to an aromatic ring is 1. The van der Waals surface area contributed by atoms with Crippen molar-refractivity contribution in [3.05, 3.63) is 40.7 Å². The van der Waals surface area contributed by atoms with Gasteiger partial charge in [0.1, 0.15) is 29.9 Å². The van der Waals surface area contributed by atoms with E-state index >= 15 is 13.2 Å². The zero-order chi connectivity index (χ0) is 31.1. The van der Waals surface area contributed by atoms with Crippen molar-refractivity contribution in [1.29, 1.82) is 0 Å². The maximum Gasteiger partial charge on any atom is 0.417 e. The van der Waals surface area contributed by atoms with Crippen LogP contribution in [0.3, 0.4) is 0 Å². The molecule has 7 nitrogen and oxygen atoms in total. The summed E-state index contributed by atoms with van der Waals surface area (Å²) < 4.78 is 111. The van der Waals surface area contributed by atoms with Gasteiger partial charge in [0.2, 0.25) is 0 Å². The summed E-state index contributed by atoms with van der Waals surface area (Å²) in [7, 11) is 0. The predicted octanol–water partition coefficient (Wildman–Crippen LogP) is 5.52. The van der Waals surface area contributed by atoms with Gasteiger partial charge in [-0.1, -0.05) is 0 Å². The van der Waals surface area contributed by atoms with Gasteiger partial charge in [-0.05, 0) is 56.8 Å². The van der Waals surface area contributed by atoms with Crippen molar-refractivity contribution in [1.82, 2.24) is 20.2 Å². The van der Waals surface area contributed by atoms with Gasteiger partial charge < -0.3 is 20.7 Å². The second-order valence-electron chi connectivity index (χ2n) is 12.5. The van der Waals surface area contributed by atoms with Gasteiger partial charge >= 0.3 is 12.2 Å². The molecule has 0 saturated carbocycles. The number of halogens is 7. The number of nitrogens with two attached hydrogens (primary N) is 1. The Labute approximate surface area is 248 Å². The Morgan fingerprint density at radius 3 is 2.48 bits per heavy atom. The Kier molecular flexibility index (Phi) is 6.88. The molecule has 14 heteroatoms. The van der Waals surface area contributed by atoms with Gasteiger partial charge in [-0.25, -0.2) is 17.6 Å². The van der Waals surface area contributed by atoms with Crippen molar-refractivity contribution in [2.24, 2.45) is 0 Å². The van der Waals surface area contributed by atoms with Crippen molar-refractivity contribution in [3.63, 3.8) is 0 Å². The Bertz CT molecular complexity index is 1640. The third kappa shape index (κ3) is 4.72. The van der Waals surface area contributed by atoms with Gasteiger partial charge in [-0.2, -0.15) is 23.1 Å². The van der Waals surface area contributed by atoms with Gasteiger partial charge in [-0.15, -0.1) is 0 Å². The van der Waals surface area contributed by atoms with Crippen LogP contribution in [-0.2, 0) is 6.18 Å². The number of benzene rings is 2. The maximum atomic E-state index is 16.5. The van der Waals surface area contributed by atoms with Crippen LogP contribution in [0.25, 0.3) is 22.0 Å². The summed E-state index contributed by atoms with van der Waals surface area (Å²) in [5, 5.41) is 3.38. The normalized spacial score (nSPS) is 27.0. The van der Waals surface area contributed by atoms with E-state index in [-0.39, 0.29) is 48.9 Å². The highest BCUT2D eigenvalue weighted by Crippen LogP contribution is 2.46. The number of aryl methyl sites for hydroxylation is 1. The lowest BCUT2D eigenvalue weighted by atomic mass is 9.92. The van der Waals surface area contributed by atoms with E-state index in [1.54, 1.807) is 0 Å². The summed E-state index contributed by atoms with van der Waals surface area (Å²) in [5.74, 6) is -4.34. The molecule has 5 heterocycles. The first-order valence-electron chi connectivity index (χ1n) is 14.7. The lowest BCUT2D eigenvalue weighted by Gasteiger charge is -2.34. The topological polar surface area (TPSA) is 79.5 Å². The summed E-state index contributed by atoms with van der Waals surface area (Å²) in [5.41, 5.74) is -0.725. The van der Waals surface area contributed by atoms with Gasteiger partial charge in [0.25, 0.3) is 0 Å². The first-order valence-corrected chi connectivity index (χ1v) is 14.7. The van der Waals surface area contributed by atoms with Crippen molar-refractivity contribution < 1.29 is 35.5 Å². The van der Waals surface area contributed by atoms with Crippen LogP contribution >= 0.6 is 0 Å². The third-order valence-electron chi connectivity index (χ3n) is 9.61. The number of ether oxygens (including phenoxy) is 1. The Morgan fingerprint density at radius 2 is 1.77 bits per heavy atom. The molecule has 7 rings (SSSR count). The Morgan fingerprint density at radius 1 is 1.05 bits per heavy atom. The molecule has 4 saturated heterocycles. The minimum absolute atomic E-state index is 0.0160. The monoisotopic (exact) mass is 624 g/mol. The zero-order valence-electron chi connectivity index (χ0n) is 23.9. The van der Waals surface area contributed by atoms with Gasteiger partial charge in [-0.3, -0.25) is 4.90 Å². The van der Waals surface area contributed by atoms with Crippen molar-refractivity contribution in [3.8, 4) is 17.1 Å². The maximum absolute atomic E-state index is 16.5. The molecule has 3 aromatic rings. The fourth-order valence-electron chi connectivity index (χ4n) is 7.73. The molecule has 2 bridgehead atoms. The molecule has 44 heavy (non-hydrogen) atoms. The number of aromatic nitrogens is 2. The molecule has 0 unspecified atom stereocenters. The summed E-state index contributed by atoms with van der Waals surface area (Å²) in [6, 6.07) is 1.57. The summed E-state index contributed by atoms with van der Waals surface area (Å²) in [4.78, 5) is 12.6. The fraction of sp³-hybridized carbons (Fsp3) is 0.533. The highest BCUT2D eigenvalue weighted by molar-refractivity contribution is 5.94. The molecular weight excluding hydrogens is 593 g/mol. The van der Waals surface area contributed by atoms with E-state index in [0.717, 1.165) is 38.3 Å². The van der Waals surface area contributed by atoms with Crippen LogP contribution in [-0.4, -0.2) is 71.4 Å². The van der Waals surface area contributed by atoms with E-state index in [0.29, 0.717) is 26.1 Å². The summed E-state index contributed by atoms with van der Waals surface area (Å²) in [6.07, 6.45) is -2.57. The molecule has 4 fully saturated rings. The van der Waals surface area contributed by atoms with E-state index < -0.39 is 68.8 Å². The SMILES string of the molecule is Cc1cc(N)c(F)c(-c2c(F)cc3c(N4C[C@H]5CC[C@@H](C4)N5)nc(OC[C@@]45CCCN4C[C@H](F)C5)nc3c2F)c1C(F)(F)F. The average Bonchev–Trinajstić information content (AvgIpc) is 3.59. The molecular formula is C30H31F7N6O. The molecule has 4 aliphatic heterocycles. The minimum Gasteiger partial charge on any atom is -0.461 e. The zero-order valence-corrected chi connectivity index (χ0v) is 23.9. The number of nitrogens with zero attached hydrogens (tertiary/aromatic N) is 4. The molecule has 3 N–H and O–H groups in total. The summed E-state index contributed by atoms with van der Waals surface area (Å²) in [6.45, 7) is 2.98. The van der Waals surface area contributed by atoms with E-state index in [1.807, 2.05) is 9.80 Å². The molecule has 0 amide bonds. The lowest BCUT2D eigenvalue weighted by molar-refractivity contribution is -0.137. The largest absolute Gasteiger partial charge is 0.461 e. The molecule has 2 aromatic carbocycles. The first-order chi connectivity index (χ1) is 20.8. The number of hydrogen-bond donors (Lipinski definition) is 2. The van der Waals surface area contributed by atoms with E-state index in [9.17, 15) is 17.6 Å². The smallest absolute Gasteiger partial charge is 0.417 e. The molecule has 0 radical (unpaired) electrons. The van der Waals surface area contributed by atoms with E-state index in [4.69, 9.17) is 10.5 Å². The highest BCUT2D eigenvalue weighted by atomic mass is 19.4. The van der Waals surface area contributed by atoms with Crippen molar-refractivity contribution >= 4 is 22.4 Å². The van der Waals surface area contributed by atoms with Crippen LogP contribution in [0.15, 0.2) is 12.1 Å². The number of nitrogens with one attached hydrogen (secondary N) is 1. The lowest BCUT2D eigenvalue weighted by Crippen LogP contribution is -2.51. The summed E-state index contributed by atoms with van der Waals surface area (Å²) >= 11 is 0. The van der Waals surface area contributed by atoms with Gasteiger partial charge in [0, 0.05) is 49.1 Å². The van der Waals surface area contributed by atoms with Crippen LogP contribution in [0.1, 0.15) is 43.2 Å². The quantitative estimate of drug-likeness (QED) is 0.286. The van der Waals surface area contributed by atoms with E-state index in [1.165, 1.54) is 0 Å². The van der Waals surface area contributed by atoms with Crippen molar-refractivity contribution in [2.75, 3.05) is 43.4 Å². The van der Waals surface area contributed by atoms with Crippen LogP contribution in [0.5, 0.6) is 6.01 Å². The molecule has 4 atom stereocenters. The van der Waals surface area contributed by atoms with E-state index in [2.05, 4.69) is 15.3 Å². The van der Waals surface area contributed by atoms with Crippen LogP contribution in [0, 0.1) is 24.4 Å². The number of anilines is 2. The molecule has 0 aliphatic carbocycles. The number of fused-ring (bicyclic) bond motifs is 4. The number of alkyl halides is 4. The van der Waals surface area contributed by atoms with Gasteiger partial charge in [0.05, 0.1) is 22.4 Å². The third-order valence-corrected chi connectivity index (χ3v) is 9.61. The minimum atomic E-state index is -5.14. The first kappa shape index (κ1) is 29.3. The second kappa shape index (κ2) is 10.3. The standard InChI is InChI=1S/C30H31F7N6O/c1-14-7-20(38)24(33)22(23(14)30(35,36)37)21-19(32)8-18-26(25(21)34)40-28(41-27(18)42-11-16-3-4-17(12-42)39-16)44-13-29-5-2-6-43(29)10-15(31)9-29/h7-8,15-17,39H,2-6,9-13,38H2,1H3/t15-,16-,17+,29+/m1/s1.